The van der Waals surface area contributed by atoms with Crippen LogP contribution in [0.2, 0.25) is 0 Å². The molecule has 0 radical (unpaired) electrons. The van der Waals surface area contributed by atoms with E-state index in [1.807, 2.05) is 20.8 Å². The summed E-state index contributed by atoms with van der Waals surface area (Å²) in [5.41, 5.74) is -0.272. The standard InChI is InChI=1S/C12H20O2.C5H12O.CH4O/c1-10(2)7-11(8-13)12(9-14)5-3-4-6-12;1-5(2,3)6-4;1-2/h8-11H,3-7H2,1-2H3;1-4H3;2H,1H3. The number of rotatable bonds is 5. The Morgan fingerprint density at radius 3 is 1.77 bits per heavy atom. The van der Waals surface area contributed by atoms with Crippen LogP contribution in [0.15, 0.2) is 0 Å². The fraction of sp³-hybridized carbons (Fsp3) is 0.889. The second-order valence-electron chi connectivity index (χ2n) is 7.25. The summed E-state index contributed by atoms with van der Waals surface area (Å²) >= 11 is 0. The average Bonchev–Trinajstić information content (AvgIpc) is 2.96. The normalized spacial score (nSPS) is 17.7. The van der Waals surface area contributed by atoms with Crippen molar-refractivity contribution in [3.05, 3.63) is 0 Å². The molecule has 1 aliphatic rings. The maximum atomic E-state index is 11.2. The second kappa shape index (κ2) is 11.8. The first-order valence-corrected chi connectivity index (χ1v) is 8.12. The molecule has 0 saturated heterocycles. The van der Waals surface area contributed by atoms with Crippen LogP contribution in [0.3, 0.4) is 0 Å². The van der Waals surface area contributed by atoms with E-state index in [9.17, 15) is 9.59 Å². The molecule has 1 unspecified atom stereocenters. The Balaban J connectivity index is 0. The lowest BCUT2D eigenvalue weighted by Crippen LogP contribution is -2.31. The maximum Gasteiger partial charge on any atom is 0.126 e. The summed E-state index contributed by atoms with van der Waals surface area (Å²) in [4.78, 5) is 22.2. The Labute approximate surface area is 136 Å². The van der Waals surface area contributed by atoms with E-state index in [1.165, 1.54) is 0 Å². The van der Waals surface area contributed by atoms with Crippen molar-refractivity contribution in [2.75, 3.05) is 14.2 Å². The van der Waals surface area contributed by atoms with Crippen LogP contribution in [0.1, 0.15) is 66.7 Å². The number of hydrogen-bond donors (Lipinski definition) is 1. The summed E-state index contributed by atoms with van der Waals surface area (Å²) in [5, 5.41) is 7.00. The topological polar surface area (TPSA) is 63.6 Å². The van der Waals surface area contributed by atoms with E-state index in [0.29, 0.717) is 5.92 Å². The lowest BCUT2D eigenvalue weighted by molar-refractivity contribution is -0.126. The Hall–Kier alpha value is -0.740. The molecule has 132 valence electrons. The van der Waals surface area contributed by atoms with Crippen molar-refractivity contribution >= 4 is 12.6 Å². The van der Waals surface area contributed by atoms with Crippen molar-refractivity contribution in [1.29, 1.82) is 0 Å². The summed E-state index contributed by atoms with van der Waals surface area (Å²) < 4.78 is 4.94. The van der Waals surface area contributed by atoms with Crippen LogP contribution in [-0.4, -0.2) is 37.5 Å². The van der Waals surface area contributed by atoms with Crippen molar-refractivity contribution in [1.82, 2.24) is 0 Å². The summed E-state index contributed by atoms with van der Waals surface area (Å²) in [5.74, 6) is 0.435. The monoisotopic (exact) mass is 316 g/mol. The molecule has 1 aliphatic carbocycles. The predicted octanol–water partition coefficient (Wildman–Crippen LogP) is 3.65. The van der Waals surface area contributed by atoms with Crippen molar-refractivity contribution in [3.63, 3.8) is 0 Å². The van der Waals surface area contributed by atoms with Gasteiger partial charge < -0.3 is 19.4 Å². The molecule has 0 aliphatic heterocycles. The van der Waals surface area contributed by atoms with Crippen LogP contribution in [-0.2, 0) is 14.3 Å². The molecule has 0 heterocycles. The van der Waals surface area contributed by atoms with Gasteiger partial charge in [-0.2, -0.15) is 0 Å². The van der Waals surface area contributed by atoms with Gasteiger partial charge in [0.2, 0.25) is 0 Å². The Morgan fingerprint density at radius 2 is 1.55 bits per heavy atom. The van der Waals surface area contributed by atoms with E-state index in [4.69, 9.17) is 9.84 Å². The van der Waals surface area contributed by atoms with E-state index in [2.05, 4.69) is 13.8 Å². The summed E-state index contributed by atoms with van der Waals surface area (Å²) in [6.07, 6.45) is 6.91. The van der Waals surface area contributed by atoms with Gasteiger partial charge in [-0.1, -0.05) is 26.7 Å². The third-order valence-electron chi connectivity index (χ3n) is 4.01. The van der Waals surface area contributed by atoms with Crippen LogP contribution >= 0.6 is 0 Å². The smallest absolute Gasteiger partial charge is 0.126 e. The summed E-state index contributed by atoms with van der Waals surface area (Å²) in [6.45, 7) is 10.3. The van der Waals surface area contributed by atoms with Gasteiger partial charge in [0.05, 0.1) is 5.60 Å². The molecule has 0 spiro atoms. The predicted molar refractivity (Wildman–Crippen MR) is 90.9 cm³/mol. The molecule has 0 aromatic heterocycles. The molecule has 0 aromatic rings. The zero-order valence-electron chi connectivity index (χ0n) is 15.5. The van der Waals surface area contributed by atoms with Gasteiger partial charge in [-0.3, -0.25) is 0 Å². The Bertz CT molecular complexity index is 286. The second-order valence-corrected chi connectivity index (χ2v) is 7.25. The van der Waals surface area contributed by atoms with E-state index < -0.39 is 0 Å². The molecule has 1 N–H and O–H groups in total. The van der Waals surface area contributed by atoms with E-state index in [1.54, 1.807) is 7.11 Å². The Kier molecular flexibility index (Phi) is 12.6. The van der Waals surface area contributed by atoms with Gasteiger partial charge in [0.25, 0.3) is 0 Å². The van der Waals surface area contributed by atoms with Gasteiger partial charge in [-0.05, 0) is 46.0 Å². The number of aldehydes is 2. The number of aliphatic hydroxyl groups excluding tert-OH is 1. The number of ether oxygens (including phenoxy) is 1. The van der Waals surface area contributed by atoms with Crippen molar-refractivity contribution in [2.45, 2.75) is 72.3 Å². The highest BCUT2D eigenvalue weighted by atomic mass is 16.5. The highest BCUT2D eigenvalue weighted by Gasteiger charge is 2.41. The zero-order valence-corrected chi connectivity index (χ0v) is 15.5. The van der Waals surface area contributed by atoms with E-state index in [0.717, 1.165) is 51.8 Å². The van der Waals surface area contributed by atoms with Gasteiger partial charge in [0.1, 0.15) is 12.6 Å². The van der Waals surface area contributed by atoms with E-state index in [-0.39, 0.29) is 16.9 Å². The highest BCUT2D eigenvalue weighted by molar-refractivity contribution is 5.69. The van der Waals surface area contributed by atoms with Gasteiger partial charge in [0, 0.05) is 25.6 Å². The van der Waals surface area contributed by atoms with Crippen molar-refractivity contribution < 1.29 is 19.4 Å². The molecular formula is C18H36O4. The quantitative estimate of drug-likeness (QED) is 0.786. The molecule has 1 atom stereocenters. The third kappa shape index (κ3) is 9.31. The third-order valence-corrected chi connectivity index (χ3v) is 4.01. The van der Waals surface area contributed by atoms with Crippen molar-refractivity contribution in [3.8, 4) is 0 Å². The first-order chi connectivity index (χ1) is 10.2. The molecule has 4 heteroatoms. The van der Waals surface area contributed by atoms with Crippen molar-refractivity contribution in [2.24, 2.45) is 17.3 Å². The molecule has 1 saturated carbocycles. The number of hydrogen-bond acceptors (Lipinski definition) is 4. The number of aliphatic hydroxyl groups is 1. The SMILES string of the molecule is CC(C)CC(C=O)C1(C=O)CCCC1.CO.COC(C)(C)C. The van der Waals surface area contributed by atoms with Crippen LogP contribution in [0.4, 0.5) is 0 Å². The largest absolute Gasteiger partial charge is 0.400 e. The minimum Gasteiger partial charge on any atom is -0.400 e. The Morgan fingerprint density at radius 1 is 1.14 bits per heavy atom. The number of carbonyl (C=O) groups excluding carboxylic acids is 2. The molecule has 22 heavy (non-hydrogen) atoms. The van der Waals surface area contributed by atoms with E-state index >= 15 is 0 Å². The fourth-order valence-corrected chi connectivity index (χ4v) is 2.54. The number of carbonyl (C=O) groups is 2. The number of methoxy groups -OCH3 is 1. The summed E-state index contributed by atoms with van der Waals surface area (Å²) in [7, 11) is 2.71. The van der Waals surface area contributed by atoms with Gasteiger partial charge in [-0.25, -0.2) is 0 Å². The molecule has 1 fully saturated rings. The van der Waals surface area contributed by atoms with Crippen LogP contribution < -0.4 is 0 Å². The molecular weight excluding hydrogens is 280 g/mol. The maximum absolute atomic E-state index is 11.2. The first kappa shape index (κ1) is 23.5. The lowest BCUT2D eigenvalue weighted by Gasteiger charge is -2.29. The fourth-order valence-electron chi connectivity index (χ4n) is 2.54. The average molecular weight is 316 g/mol. The van der Waals surface area contributed by atoms with Gasteiger partial charge >= 0.3 is 0 Å². The summed E-state index contributed by atoms with van der Waals surface area (Å²) in [6, 6.07) is 0. The molecule has 1 rings (SSSR count). The van der Waals surface area contributed by atoms with Crippen LogP contribution in [0.25, 0.3) is 0 Å². The van der Waals surface area contributed by atoms with Gasteiger partial charge in [-0.15, -0.1) is 0 Å². The van der Waals surface area contributed by atoms with Crippen LogP contribution in [0, 0.1) is 17.3 Å². The minimum atomic E-state index is -0.313. The molecule has 0 bridgehead atoms. The molecule has 0 aromatic carbocycles. The molecule has 4 nitrogen and oxygen atoms in total. The van der Waals surface area contributed by atoms with Gasteiger partial charge in [0.15, 0.2) is 0 Å². The molecule has 0 amide bonds. The first-order valence-electron chi connectivity index (χ1n) is 8.12. The lowest BCUT2D eigenvalue weighted by atomic mass is 9.72. The van der Waals surface area contributed by atoms with Crippen LogP contribution in [0.5, 0.6) is 0 Å². The zero-order chi connectivity index (χ0) is 17.8. The highest BCUT2D eigenvalue weighted by Crippen LogP contribution is 2.44. The minimum absolute atomic E-state index is 0.0417.